The SMILES string of the molecule is CC(NC(=O)C(O)C(C)C)C(=O)N1CCCC(C(=O)NC(C)c2ccc3ccc(C=CC4(CO)CCCOC4)cc3n2)N1. The second-order valence-electron chi connectivity index (χ2n) is 12.2. The van der Waals surface area contributed by atoms with E-state index in [0.717, 1.165) is 35.9 Å². The number of hydrazine groups is 1. The molecule has 43 heavy (non-hydrogen) atoms. The summed E-state index contributed by atoms with van der Waals surface area (Å²) in [5.41, 5.74) is 5.11. The fourth-order valence-corrected chi connectivity index (χ4v) is 5.37. The topological polar surface area (TPSA) is 153 Å². The number of carbonyl (C=O) groups is 3. The van der Waals surface area contributed by atoms with E-state index in [1.54, 1.807) is 20.8 Å². The summed E-state index contributed by atoms with van der Waals surface area (Å²) < 4.78 is 5.60. The van der Waals surface area contributed by atoms with Gasteiger partial charge in [0, 0.05) is 24.0 Å². The Bertz CT molecular complexity index is 1320. The van der Waals surface area contributed by atoms with Crippen LogP contribution in [0.15, 0.2) is 36.4 Å². The van der Waals surface area contributed by atoms with E-state index in [4.69, 9.17) is 9.72 Å². The number of carbonyl (C=O) groups excluding carboxylic acids is 3. The molecule has 0 radical (unpaired) electrons. The zero-order valence-corrected chi connectivity index (χ0v) is 25.5. The maximum atomic E-state index is 13.2. The highest BCUT2D eigenvalue weighted by Gasteiger charge is 2.32. The molecule has 2 saturated heterocycles. The first kappa shape index (κ1) is 32.5. The first-order valence-electron chi connectivity index (χ1n) is 15.2. The van der Waals surface area contributed by atoms with Crippen LogP contribution in [0.4, 0.5) is 0 Å². The van der Waals surface area contributed by atoms with E-state index in [-0.39, 0.29) is 35.8 Å². The number of hydrogen-bond acceptors (Lipinski definition) is 8. The summed E-state index contributed by atoms with van der Waals surface area (Å²) in [5, 5.41) is 27.8. The van der Waals surface area contributed by atoms with Crippen LogP contribution in [0.3, 0.4) is 0 Å². The molecule has 2 aliphatic rings. The van der Waals surface area contributed by atoms with E-state index in [1.807, 2.05) is 49.4 Å². The van der Waals surface area contributed by atoms with E-state index in [1.165, 1.54) is 5.01 Å². The van der Waals surface area contributed by atoms with Crippen LogP contribution in [-0.4, -0.2) is 82.5 Å². The van der Waals surface area contributed by atoms with Gasteiger partial charge >= 0.3 is 0 Å². The lowest BCUT2D eigenvalue weighted by molar-refractivity contribution is -0.144. The van der Waals surface area contributed by atoms with Crippen LogP contribution >= 0.6 is 0 Å². The second-order valence-corrected chi connectivity index (χ2v) is 12.2. The first-order chi connectivity index (χ1) is 20.5. The summed E-state index contributed by atoms with van der Waals surface area (Å²) in [6.45, 7) is 8.54. The lowest BCUT2D eigenvalue weighted by atomic mass is 9.82. The summed E-state index contributed by atoms with van der Waals surface area (Å²) >= 11 is 0. The number of nitrogens with zero attached hydrogens (tertiary/aromatic N) is 2. The fourth-order valence-electron chi connectivity index (χ4n) is 5.37. The van der Waals surface area contributed by atoms with Crippen molar-refractivity contribution in [3.63, 3.8) is 0 Å². The maximum Gasteiger partial charge on any atom is 0.258 e. The van der Waals surface area contributed by atoms with Crippen molar-refractivity contribution in [2.75, 3.05) is 26.4 Å². The van der Waals surface area contributed by atoms with Crippen LogP contribution < -0.4 is 16.1 Å². The molecule has 0 bridgehead atoms. The predicted molar refractivity (Wildman–Crippen MR) is 163 cm³/mol. The molecule has 3 amide bonds. The largest absolute Gasteiger partial charge is 0.395 e. The number of pyridine rings is 1. The monoisotopic (exact) mass is 595 g/mol. The van der Waals surface area contributed by atoms with Gasteiger partial charge in [0.15, 0.2) is 0 Å². The predicted octanol–water partition coefficient (Wildman–Crippen LogP) is 2.23. The van der Waals surface area contributed by atoms with Crippen molar-refractivity contribution in [1.82, 2.24) is 26.1 Å². The van der Waals surface area contributed by atoms with Crippen LogP contribution in [0.5, 0.6) is 0 Å². The van der Waals surface area contributed by atoms with Crippen molar-refractivity contribution in [3.05, 3.63) is 47.7 Å². The minimum Gasteiger partial charge on any atom is -0.395 e. The van der Waals surface area contributed by atoms with Crippen LogP contribution in [0.25, 0.3) is 17.0 Å². The molecule has 2 aromatic rings. The van der Waals surface area contributed by atoms with Crippen LogP contribution in [-0.2, 0) is 19.1 Å². The number of fused-ring (bicyclic) bond motifs is 1. The molecule has 0 saturated carbocycles. The Balaban J connectivity index is 1.37. The molecule has 1 aromatic heterocycles. The number of aromatic nitrogens is 1. The minimum absolute atomic E-state index is 0.0382. The lowest BCUT2D eigenvalue weighted by Gasteiger charge is -2.35. The van der Waals surface area contributed by atoms with Crippen molar-refractivity contribution in [3.8, 4) is 0 Å². The van der Waals surface area contributed by atoms with Gasteiger partial charge in [-0.15, -0.1) is 0 Å². The Morgan fingerprint density at radius 3 is 2.63 bits per heavy atom. The van der Waals surface area contributed by atoms with Gasteiger partial charge in [0.25, 0.3) is 5.91 Å². The molecule has 5 unspecified atom stereocenters. The molecule has 11 nitrogen and oxygen atoms in total. The Morgan fingerprint density at radius 2 is 1.93 bits per heavy atom. The summed E-state index contributed by atoms with van der Waals surface area (Å²) in [6.07, 6.45) is 5.81. The molecule has 2 aliphatic heterocycles. The van der Waals surface area contributed by atoms with Gasteiger partial charge in [-0.1, -0.05) is 44.2 Å². The van der Waals surface area contributed by atoms with Gasteiger partial charge < -0.3 is 25.6 Å². The zero-order chi connectivity index (χ0) is 31.1. The summed E-state index contributed by atoms with van der Waals surface area (Å²) in [5.74, 6) is -1.51. The van der Waals surface area contributed by atoms with E-state index in [2.05, 4.69) is 16.1 Å². The summed E-state index contributed by atoms with van der Waals surface area (Å²) in [4.78, 5) is 43.2. The number of hydrogen-bond donors (Lipinski definition) is 5. The molecule has 0 aliphatic carbocycles. The third-order valence-corrected chi connectivity index (χ3v) is 8.24. The minimum atomic E-state index is -1.20. The fraction of sp³-hybridized carbons (Fsp3) is 0.562. The molecule has 3 heterocycles. The van der Waals surface area contributed by atoms with Crippen LogP contribution in [0.2, 0.25) is 0 Å². The summed E-state index contributed by atoms with van der Waals surface area (Å²) in [6, 6.07) is 8.02. The van der Waals surface area contributed by atoms with Crippen LogP contribution in [0.1, 0.15) is 70.7 Å². The van der Waals surface area contributed by atoms with Crippen molar-refractivity contribution in [2.24, 2.45) is 11.3 Å². The summed E-state index contributed by atoms with van der Waals surface area (Å²) in [7, 11) is 0. The number of ether oxygens (including phenoxy) is 1. The van der Waals surface area contributed by atoms with Gasteiger partial charge in [0.1, 0.15) is 18.2 Å². The molecule has 1 aromatic carbocycles. The average Bonchev–Trinajstić information content (AvgIpc) is 3.02. The molecule has 0 spiro atoms. The van der Waals surface area contributed by atoms with Gasteiger partial charge in [-0.05, 0) is 63.1 Å². The third kappa shape index (κ3) is 8.17. The standard InChI is InChI=1S/C32H45N5O6/c1-20(2)28(39)30(41)34-22(4)31(42)37-15-5-7-26(36-37)29(40)33-21(3)25-11-10-24-9-8-23(17-27(24)35-25)12-14-32(18-38)13-6-16-43-19-32/h8-12,14,17,20-22,26,28,36,38-39H,5-7,13,15-16,18-19H2,1-4H3,(H,33,40)(H,34,41). The van der Waals surface area contributed by atoms with E-state index in [9.17, 15) is 24.6 Å². The van der Waals surface area contributed by atoms with Crippen molar-refractivity contribution in [2.45, 2.75) is 77.6 Å². The molecule has 2 fully saturated rings. The lowest BCUT2D eigenvalue weighted by Crippen LogP contribution is -2.61. The number of amides is 3. The third-order valence-electron chi connectivity index (χ3n) is 8.24. The molecule has 5 N–H and O–H groups in total. The average molecular weight is 596 g/mol. The van der Waals surface area contributed by atoms with Crippen molar-refractivity contribution >= 4 is 34.7 Å². The first-order valence-corrected chi connectivity index (χ1v) is 15.2. The van der Waals surface area contributed by atoms with Gasteiger partial charge in [0.05, 0.1) is 30.5 Å². The highest BCUT2D eigenvalue weighted by atomic mass is 16.5. The van der Waals surface area contributed by atoms with E-state index in [0.29, 0.717) is 31.7 Å². The van der Waals surface area contributed by atoms with E-state index >= 15 is 0 Å². The van der Waals surface area contributed by atoms with Gasteiger partial charge in [-0.3, -0.25) is 24.4 Å². The molecule has 11 heteroatoms. The number of aliphatic hydroxyl groups excluding tert-OH is 2. The molecule has 234 valence electrons. The molecule has 4 rings (SSSR count). The van der Waals surface area contributed by atoms with Gasteiger partial charge in [-0.2, -0.15) is 0 Å². The van der Waals surface area contributed by atoms with Crippen molar-refractivity contribution in [1.29, 1.82) is 0 Å². The van der Waals surface area contributed by atoms with E-state index < -0.39 is 24.1 Å². The number of rotatable bonds is 10. The maximum absolute atomic E-state index is 13.2. The highest BCUT2D eigenvalue weighted by molar-refractivity contribution is 5.89. The van der Waals surface area contributed by atoms with Gasteiger partial charge in [0.2, 0.25) is 11.8 Å². The highest BCUT2D eigenvalue weighted by Crippen LogP contribution is 2.31. The Labute approximate surface area is 253 Å². The van der Waals surface area contributed by atoms with Gasteiger partial charge in [-0.25, -0.2) is 5.43 Å². The molecule has 5 atom stereocenters. The quantitative estimate of drug-likeness (QED) is 0.280. The zero-order valence-electron chi connectivity index (χ0n) is 25.5. The Hall–Kier alpha value is -3.38. The molecular formula is C32H45N5O6. The normalized spacial score (nSPS) is 23.2. The van der Waals surface area contributed by atoms with Crippen molar-refractivity contribution < 1.29 is 29.3 Å². The number of aliphatic hydroxyl groups is 2. The Morgan fingerprint density at radius 1 is 1.16 bits per heavy atom. The Kier molecular flexibility index (Phi) is 10.9. The number of benzene rings is 1. The number of nitrogens with one attached hydrogen (secondary N) is 3. The molecular weight excluding hydrogens is 550 g/mol. The second kappa shape index (κ2) is 14.4. The smallest absolute Gasteiger partial charge is 0.258 e. The van der Waals surface area contributed by atoms with Crippen LogP contribution in [0, 0.1) is 11.3 Å².